The highest BCUT2D eigenvalue weighted by molar-refractivity contribution is 7.99. The largest absolute Gasteiger partial charge is 0.324 e. The smallest absolute Gasteiger partial charge is 0.234 e. The van der Waals surface area contributed by atoms with Crippen molar-refractivity contribution in [1.82, 2.24) is 20.2 Å². The lowest BCUT2D eigenvalue weighted by Gasteiger charge is -2.06. The first-order chi connectivity index (χ1) is 11.6. The van der Waals surface area contributed by atoms with Crippen LogP contribution in [0.15, 0.2) is 47.9 Å². The molecule has 0 aliphatic carbocycles. The van der Waals surface area contributed by atoms with Crippen molar-refractivity contribution in [1.29, 1.82) is 0 Å². The Hall–Kier alpha value is -2.38. The molecule has 2 N–H and O–H groups in total. The van der Waals surface area contributed by atoms with E-state index < -0.39 is 0 Å². The van der Waals surface area contributed by atoms with Crippen LogP contribution in [0.3, 0.4) is 0 Å². The van der Waals surface area contributed by atoms with Gasteiger partial charge in [0.2, 0.25) is 11.1 Å². The Morgan fingerprint density at radius 2 is 2.08 bits per heavy atom. The van der Waals surface area contributed by atoms with Gasteiger partial charge in [-0.15, -0.1) is 5.10 Å². The average molecular weight is 360 g/mol. The molecule has 3 rings (SSSR count). The van der Waals surface area contributed by atoms with Crippen molar-refractivity contribution in [2.75, 3.05) is 11.1 Å². The lowest BCUT2D eigenvalue weighted by molar-refractivity contribution is -0.113. The summed E-state index contributed by atoms with van der Waals surface area (Å²) in [5.41, 5.74) is 2.53. The van der Waals surface area contributed by atoms with E-state index in [1.807, 2.05) is 25.1 Å². The molecule has 0 radical (unpaired) electrons. The summed E-state index contributed by atoms with van der Waals surface area (Å²) in [6, 6.07) is 9.15. The van der Waals surface area contributed by atoms with Gasteiger partial charge in [0.15, 0.2) is 5.82 Å². The van der Waals surface area contributed by atoms with Gasteiger partial charge in [-0.1, -0.05) is 29.4 Å². The van der Waals surface area contributed by atoms with Crippen LogP contribution in [-0.2, 0) is 4.79 Å². The molecule has 0 unspecified atom stereocenters. The van der Waals surface area contributed by atoms with Crippen LogP contribution in [0, 0.1) is 6.92 Å². The van der Waals surface area contributed by atoms with Crippen molar-refractivity contribution in [2.45, 2.75) is 12.1 Å². The monoisotopic (exact) mass is 359 g/mol. The average Bonchev–Trinajstić information content (AvgIpc) is 3.05. The molecule has 0 fully saturated rings. The third-order valence-electron chi connectivity index (χ3n) is 3.15. The van der Waals surface area contributed by atoms with Crippen molar-refractivity contribution in [3.63, 3.8) is 0 Å². The number of hydrogen-bond donors (Lipinski definition) is 2. The van der Waals surface area contributed by atoms with E-state index in [9.17, 15) is 4.79 Å². The number of anilines is 1. The molecular formula is C16H14ClN5OS. The first-order valence-corrected chi connectivity index (χ1v) is 8.50. The number of carbonyl (C=O) groups is 1. The number of benzene rings is 1. The van der Waals surface area contributed by atoms with Gasteiger partial charge in [0, 0.05) is 18.0 Å². The van der Waals surface area contributed by atoms with Crippen molar-refractivity contribution in [2.24, 2.45) is 0 Å². The molecule has 6 nitrogen and oxygen atoms in total. The fourth-order valence-electron chi connectivity index (χ4n) is 1.99. The SMILES string of the molecule is Cc1ccc(NC(=O)CSc2n[nH]c(-c3ccncc3)n2)c(Cl)c1. The molecule has 122 valence electrons. The predicted molar refractivity (Wildman–Crippen MR) is 95.2 cm³/mol. The second kappa shape index (κ2) is 7.46. The molecule has 0 saturated heterocycles. The molecule has 0 atom stereocenters. The molecule has 8 heteroatoms. The van der Waals surface area contributed by atoms with E-state index in [0.717, 1.165) is 11.1 Å². The second-order valence-electron chi connectivity index (χ2n) is 5.02. The Balaban J connectivity index is 1.58. The van der Waals surface area contributed by atoms with E-state index in [1.54, 1.807) is 24.5 Å². The first-order valence-electron chi connectivity index (χ1n) is 7.13. The molecule has 0 bridgehead atoms. The number of aromatic amines is 1. The summed E-state index contributed by atoms with van der Waals surface area (Å²) < 4.78 is 0. The molecule has 2 heterocycles. The summed E-state index contributed by atoms with van der Waals surface area (Å²) >= 11 is 7.35. The molecular weight excluding hydrogens is 346 g/mol. The number of carbonyl (C=O) groups excluding carboxylic acids is 1. The molecule has 24 heavy (non-hydrogen) atoms. The van der Waals surface area contributed by atoms with E-state index in [1.165, 1.54) is 11.8 Å². The van der Waals surface area contributed by atoms with Crippen LogP contribution in [0.25, 0.3) is 11.4 Å². The summed E-state index contributed by atoms with van der Waals surface area (Å²) in [4.78, 5) is 20.3. The minimum atomic E-state index is -0.166. The van der Waals surface area contributed by atoms with Gasteiger partial charge < -0.3 is 5.32 Å². The fraction of sp³-hybridized carbons (Fsp3) is 0.125. The fourth-order valence-corrected chi connectivity index (χ4v) is 2.87. The topological polar surface area (TPSA) is 83.6 Å². The van der Waals surface area contributed by atoms with Gasteiger partial charge in [-0.05, 0) is 36.8 Å². The third-order valence-corrected chi connectivity index (χ3v) is 4.31. The third kappa shape index (κ3) is 4.12. The first kappa shape index (κ1) is 16.5. The second-order valence-corrected chi connectivity index (χ2v) is 6.37. The Bertz CT molecular complexity index is 853. The summed E-state index contributed by atoms with van der Waals surface area (Å²) in [7, 11) is 0. The minimum Gasteiger partial charge on any atom is -0.324 e. The summed E-state index contributed by atoms with van der Waals surface area (Å²) in [6.07, 6.45) is 3.37. The summed E-state index contributed by atoms with van der Waals surface area (Å²) in [5, 5.41) is 10.8. The van der Waals surface area contributed by atoms with Crippen LogP contribution in [0.2, 0.25) is 5.02 Å². The number of nitrogens with zero attached hydrogens (tertiary/aromatic N) is 3. The number of aromatic nitrogens is 4. The van der Waals surface area contributed by atoms with Gasteiger partial charge in [0.25, 0.3) is 0 Å². The number of thioether (sulfide) groups is 1. The number of halogens is 1. The number of amides is 1. The van der Waals surface area contributed by atoms with Crippen LogP contribution >= 0.6 is 23.4 Å². The highest BCUT2D eigenvalue weighted by Crippen LogP contribution is 2.23. The van der Waals surface area contributed by atoms with E-state index in [-0.39, 0.29) is 11.7 Å². The van der Waals surface area contributed by atoms with Crippen molar-refractivity contribution < 1.29 is 4.79 Å². The van der Waals surface area contributed by atoms with Gasteiger partial charge in [-0.2, -0.15) is 0 Å². The molecule has 1 aromatic carbocycles. The molecule has 0 spiro atoms. The quantitative estimate of drug-likeness (QED) is 0.680. The maximum Gasteiger partial charge on any atom is 0.234 e. The standard InChI is InChI=1S/C16H14ClN5OS/c1-10-2-3-13(12(17)8-10)19-14(23)9-24-16-20-15(21-22-16)11-4-6-18-7-5-11/h2-8H,9H2,1H3,(H,19,23)(H,20,21,22). The Morgan fingerprint density at radius 1 is 1.29 bits per heavy atom. The Labute approximate surface area is 148 Å². The maximum atomic E-state index is 12.0. The summed E-state index contributed by atoms with van der Waals surface area (Å²) in [5.74, 6) is 0.667. The predicted octanol–water partition coefficient (Wildman–Crippen LogP) is 3.56. The van der Waals surface area contributed by atoms with Gasteiger partial charge >= 0.3 is 0 Å². The number of rotatable bonds is 5. The van der Waals surface area contributed by atoms with Crippen LogP contribution in [0.4, 0.5) is 5.69 Å². The highest BCUT2D eigenvalue weighted by atomic mass is 35.5. The Morgan fingerprint density at radius 3 is 2.83 bits per heavy atom. The molecule has 3 aromatic rings. The number of H-pyrrole nitrogens is 1. The lowest BCUT2D eigenvalue weighted by Crippen LogP contribution is -2.14. The zero-order valence-electron chi connectivity index (χ0n) is 12.8. The van der Waals surface area contributed by atoms with Crippen molar-refractivity contribution >= 4 is 35.0 Å². The van der Waals surface area contributed by atoms with E-state index in [2.05, 4.69) is 25.5 Å². The van der Waals surface area contributed by atoms with Crippen LogP contribution in [-0.4, -0.2) is 31.8 Å². The van der Waals surface area contributed by atoms with Gasteiger partial charge in [-0.3, -0.25) is 14.9 Å². The minimum absolute atomic E-state index is 0.166. The van der Waals surface area contributed by atoms with Crippen molar-refractivity contribution in [3.05, 3.63) is 53.3 Å². The van der Waals surface area contributed by atoms with E-state index in [0.29, 0.717) is 21.7 Å². The van der Waals surface area contributed by atoms with E-state index in [4.69, 9.17) is 11.6 Å². The number of pyridine rings is 1. The number of nitrogens with one attached hydrogen (secondary N) is 2. The highest BCUT2D eigenvalue weighted by Gasteiger charge is 2.10. The molecule has 0 aliphatic heterocycles. The molecule has 1 amide bonds. The van der Waals surface area contributed by atoms with Crippen molar-refractivity contribution in [3.8, 4) is 11.4 Å². The van der Waals surface area contributed by atoms with Crippen LogP contribution in [0.5, 0.6) is 0 Å². The van der Waals surface area contributed by atoms with Crippen LogP contribution < -0.4 is 5.32 Å². The van der Waals surface area contributed by atoms with Crippen LogP contribution in [0.1, 0.15) is 5.56 Å². The zero-order valence-corrected chi connectivity index (χ0v) is 14.4. The normalized spacial score (nSPS) is 10.6. The van der Waals surface area contributed by atoms with Gasteiger partial charge in [0.05, 0.1) is 16.5 Å². The zero-order chi connectivity index (χ0) is 16.9. The number of aryl methyl sites for hydroxylation is 1. The number of hydrogen-bond acceptors (Lipinski definition) is 5. The van der Waals surface area contributed by atoms with E-state index >= 15 is 0 Å². The molecule has 0 aliphatic rings. The lowest BCUT2D eigenvalue weighted by atomic mass is 10.2. The molecule has 0 saturated carbocycles. The van der Waals surface area contributed by atoms with Gasteiger partial charge in [0.1, 0.15) is 0 Å². The van der Waals surface area contributed by atoms with Gasteiger partial charge in [-0.25, -0.2) is 4.98 Å². The molecule has 2 aromatic heterocycles. The maximum absolute atomic E-state index is 12.0. The summed E-state index contributed by atoms with van der Waals surface area (Å²) in [6.45, 7) is 1.94. The Kier molecular flexibility index (Phi) is 5.12.